The van der Waals surface area contributed by atoms with Gasteiger partial charge in [-0.1, -0.05) is 43.3 Å². The Morgan fingerprint density at radius 3 is 2.76 bits per heavy atom. The van der Waals surface area contributed by atoms with E-state index < -0.39 is 5.97 Å². The first-order chi connectivity index (χ1) is 14.1. The van der Waals surface area contributed by atoms with Crippen LogP contribution in [0.4, 0.5) is 17.6 Å². The number of H-pyrrole nitrogens is 1. The summed E-state index contributed by atoms with van der Waals surface area (Å²) in [6, 6.07) is 15.4. The topological polar surface area (TPSA) is 119 Å². The zero-order valence-corrected chi connectivity index (χ0v) is 15.8. The van der Waals surface area contributed by atoms with Crippen LogP contribution in [0.5, 0.6) is 0 Å². The first-order valence-electron chi connectivity index (χ1n) is 9.22. The molecule has 0 fully saturated rings. The number of hydrogen-bond donors (Lipinski definition) is 3. The summed E-state index contributed by atoms with van der Waals surface area (Å²) in [7, 11) is 0. The SMILES string of the molecule is CCc1ccccc1Nc1nc(N)nc(COC(=O)c2c[nH]c3ccccc23)n1. The summed E-state index contributed by atoms with van der Waals surface area (Å²) < 4.78 is 5.39. The number of nitrogen functional groups attached to an aromatic ring is 1. The number of ether oxygens (including phenoxy) is 1. The molecule has 29 heavy (non-hydrogen) atoms. The third-order valence-corrected chi connectivity index (χ3v) is 4.49. The summed E-state index contributed by atoms with van der Waals surface area (Å²) in [5, 5.41) is 3.95. The van der Waals surface area contributed by atoms with E-state index in [4.69, 9.17) is 10.5 Å². The highest BCUT2D eigenvalue weighted by atomic mass is 16.5. The Bertz CT molecular complexity index is 1170. The molecule has 2 aromatic carbocycles. The molecule has 146 valence electrons. The number of aromatic nitrogens is 4. The minimum Gasteiger partial charge on any atom is -0.454 e. The van der Waals surface area contributed by atoms with Gasteiger partial charge in [-0.05, 0) is 24.1 Å². The van der Waals surface area contributed by atoms with Gasteiger partial charge < -0.3 is 20.8 Å². The summed E-state index contributed by atoms with van der Waals surface area (Å²) in [6.07, 6.45) is 2.49. The van der Waals surface area contributed by atoms with Gasteiger partial charge in [0.2, 0.25) is 11.9 Å². The van der Waals surface area contributed by atoms with Crippen molar-refractivity contribution in [3.8, 4) is 0 Å². The molecule has 0 aliphatic heterocycles. The number of carbonyl (C=O) groups is 1. The molecule has 0 radical (unpaired) electrons. The number of nitrogens with zero attached hydrogens (tertiary/aromatic N) is 3. The molecule has 8 nitrogen and oxygen atoms in total. The Morgan fingerprint density at radius 2 is 1.90 bits per heavy atom. The number of fused-ring (bicyclic) bond motifs is 1. The zero-order valence-electron chi connectivity index (χ0n) is 15.8. The van der Waals surface area contributed by atoms with Crippen LogP contribution in [-0.4, -0.2) is 25.9 Å². The minimum absolute atomic E-state index is 0.0506. The van der Waals surface area contributed by atoms with Crippen LogP contribution in [0.1, 0.15) is 28.7 Å². The molecular weight excluding hydrogens is 368 g/mol. The maximum absolute atomic E-state index is 12.5. The predicted molar refractivity (Wildman–Crippen MR) is 111 cm³/mol. The first kappa shape index (κ1) is 18.4. The lowest BCUT2D eigenvalue weighted by Gasteiger charge is -2.10. The molecule has 0 aliphatic carbocycles. The van der Waals surface area contributed by atoms with Crippen LogP contribution in [0.15, 0.2) is 54.7 Å². The molecule has 0 amide bonds. The lowest BCUT2D eigenvalue weighted by molar-refractivity contribution is 0.0464. The van der Waals surface area contributed by atoms with Crippen molar-refractivity contribution in [3.63, 3.8) is 0 Å². The number of nitrogens with one attached hydrogen (secondary N) is 2. The van der Waals surface area contributed by atoms with Crippen molar-refractivity contribution in [2.24, 2.45) is 0 Å². The Morgan fingerprint density at radius 1 is 1.10 bits per heavy atom. The van der Waals surface area contributed by atoms with E-state index in [1.165, 1.54) is 0 Å². The maximum Gasteiger partial charge on any atom is 0.340 e. The summed E-state index contributed by atoms with van der Waals surface area (Å²) in [6.45, 7) is 1.95. The monoisotopic (exact) mass is 388 g/mol. The molecular formula is C21H20N6O2. The number of para-hydroxylation sites is 2. The van der Waals surface area contributed by atoms with Crippen LogP contribution in [0.25, 0.3) is 10.9 Å². The van der Waals surface area contributed by atoms with Crippen LogP contribution in [0, 0.1) is 0 Å². The van der Waals surface area contributed by atoms with Gasteiger partial charge in [0, 0.05) is 22.8 Å². The van der Waals surface area contributed by atoms with Crippen molar-refractivity contribution in [1.82, 2.24) is 19.9 Å². The quantitative estimate of drug-likeness (QED) is 0.432. The van der Waals surface area contributed by atoms with Crippen LogP contribution < -0.4 is 11.1 Å². The molecule has 0 atom stereocenters. The molecule has 8 heteroatoms. The number of rotatable bonds is 6. The van der Waals surface area contributed by atoms with Gasteiger partial charge in [-0.2, -0.15) is 15.0 Å². The third-order valence-electron chi connectivity index (χ3n) is 4.49. The Hall–Kier alpha value is -3.94. The number of carbonyl (C=O) groups excluding carboxylic acids is 1. The third kappa shape index (κ3) is 4.01. The highest BCUT2D eigenvalue weighted by molar-refractivity contribution is 6.03. The minimum atomic E-state index is -0.465. The van der Waals surface area contributed by atoms with E-state index in [0.717, 1.165) is 28.6 Å². The van der Waals surface area contributed by atoms with Crippen LogP contribution in [-0.2, 0) is 17.8 Å². The lowest BCUT2D eigenvalue weighted by Crippen LogP contribution is -2.11. The zero-order chi connectivity index (χ0) is 20.2. The molecule has 2 aromatic heterocycles. The van der Waals surface area contributed by atoms with Gasteiger partial charge in [0.25, 0.3) is 0 Å². The van der Waals surface area contributed by atoms with Crippen molar-refractivity contribution in [3.05, 3.63) is 71.7 Å². The van der Waals surface area contributed by atoms with Crippen molar-refractivity contribution >= 4 is 34.5 Å². The largest absolute Gasteiger partial charge is 0.454 e. The van der Waals surface area contributed by atoms with E-state index in [-0.39, 0.29) is 18.4 Å². The van der Waals surface area contributed by atoms with E-state index in [2.05, 4.69) is 32.2 Å². The molecule has 0 unspecified atom stereocenters. The fraction of sp³-hybridized carbons (Fsp3) is 0.143. The number of esters is 1. The van der Waals surface area contributed by atoms with E-state index in [1.807, 2.05) is 48.5 Å². The number of anilines is 3. The Labute approximate surface area is 167 Å². The van der Waals surface area contributed by atoms with Crippen molar-refractivity contribution in [2.45, 2.75) is 20.0 Å². The highest BCUT2D eigenvalue weighted by Gasteiger charge is 2.15. The molecule has 0 aliphatic rings. The maximum atomic E-state index is 12.5. The summed E-state index contributed by atoms with van der Waals surface area (Å²) >= 11 is 0. The molecule has 4 N–H and O–H groups in total. The first-order valence-corrected chi connectivity index (χ1v) is 9.22. The number of aromatic amines is 1. The van der Waals surface area contributed by atoms with Crippen molar-refractivity contribution in [1.29, 1.82) is 0 Å². The van der Waals surface area contributed by atoms with Gasteiger partial charge in [-0.15, -0.1) is 0 Å². The smallest absolute Gasteiger partial charge is 0.340 e. The molecule has 4 rings (SSSR count). The lowest BCUT2D eigenvalue weighted by atomic mass is 10.1. The second-order valence-corrected chi connectivity index (χ2v) is 6.39. The fourth-order valence-electron chi connectivity index (χ4n) is 3.08. The molecule has 4 aromatic rings. The molecule has 2 heterocycles. The molecule has 0 saturated heterocycles. The van der Waals surface area contributed by atoms with Gasteiger partial charge >= 0.3 is 5.97 Å². The van der Waals surface area contributed by atoms with Gasteiger partial charge in [0.05, 0.1) is 5.56 Å². The molecule has 0 spiro atoms. The van der Waals surface area contributed by atoms with E-state index >= 15 is 0 Å². The number of nitrogens with two attached hydrogens (primary N) is 1. The van der Waals surface area contributed by atoms with Crippen molar-refractivity contribution < 1.29 is 9.53 Å². The van der Waals surface area contributed by atoms with Gasteiger partial charge in [-0.25, -0.2) is 4.79 Å². The number of aryl methyl sites for hydroxylation is 1. The molecule has 0 saturated carbocycles. The average molecular weight is 388 g/mol. The standard InChI is InChI=1S/C21H20N6O2/c1-2-13-7-3-5-9-16(13)24-21-26-18(25-20(22)27-21)12-29-19(28)15-11-23-17-10-6-4-8-14(15)17/h3-11,23H,2,12H2,1H3,(H3,22,24,25,26,27). The van der Waals surface area contributed by atoms with Gasteiger partial charge in [0.1, 0.15) is 0 Å². The number of hydrogen-bond acceptors (Lipinski definition) is 7. The normalized spacial score (nSPS) is 10.8. The van der Waals surface area contributed by atoms with E-state index in [1.54, 1.807) is 6.20 Å². The molecule has 0 bridgehead atoms. The van der Waals surface area contributed by atoms with Crippen LogP contribution >= 0.6 is 0 Å². The summed E-state index contributed by atoms with van der Waals surface area (Å²) in [5.74, 6) is 0.153. The van der Waals surface area contributed by atoms with E-state index in [0.29, 0.717) is 11.5 Å². The van der Waals surface area contributed by atoms with Gasteiger partial charge in [-0.3, -0.25) is 0 Å². The fourth-order valence-corrected chi connectivity index (χ4v) is 3.08. The summed E-state index contributed by atoms with van der Waals surface area (Å²) in [5.41, 5.74) is 9.15. The summed E-state index contributed by atoms with van der Waals surface area (Å²) in [4.78, 5) is 28.0. The number of benzene rings is 2. The second kappa shape index (κ2) is 7.97. The van der Waals surface area contributed by atoms with Crippen LogP contribution in [0.2, 0.25) is 0 Å². The van der Waals surface area contributed by atoms with Gasteiger partial charge in [0.15, 0.2) is 12.4 Å². The predicted octanol–water partition coefficient (Wildman–Crippen LogP) is 3.60. The Balaban J connectivity index is 1.50. The second-order valence-electron chi connectivity index (χ2n) is 6.39. The van der Waals surface area contributed by atoms with Crippen molar-refractivity contribution in [2.75, 3.05) is 11.1 Å². The average Bonchev–Trinajstić information content (AvgIpc) is 3.16. The Kier molecular flexibility index (Phi) is 5.07. The highest BCUT2D eigenvalue weighted by Crippen LogP contribution is 2.21. The van der Waals surface area contributed by atoms with E-state index in [9.17, 15) is 4.79 Å². The van der Waals surface area contributed by atoms with Crippen LogP contribution in [0.3, 0.4) is 0 Å².